The fraction of sp³-hybridized carbons (Fsp3) is 0.400. The molecule has 2 N–H and O–H groups in total. The van der Waals surface area contributed by atoms with Crippen molar-refractivity contribution in [3.63, 3.8) is 0 Å². The first kappa shape index (κ1) is 11.5. The number of aryl methyl sites for hydroxylation is 3. The third-order valence-electron chi connectivity index (χ3n) is 3.72. The van der Waals surface area contributed by atoms with E-state index in [1.807, 2.05) is 6.33 Å². The number of nitrogens with two attached hydrogens (primary N) is 1. The standard InChI is InChI=1S/C15H19N3/c16-13-8-9-18-11-17-14(15(18)10-13)7-6-12-4-2-1-3-5-12/h1-5,11,13H,6-10,16H2. The van der Waals surface area contributed by atoms with Crippen molar-refractivity contribution in [3.05, 3.63) is 53.6 Å². The molecule has 1 aromatic carbocycles. The van der Waals surface area contributed by atoms with E-state index in [4.69, 9.17) is 5.73 Å². The molecule has 0 aliphatic carbocycles. The maximum Gasteiger partial charge on any atom is 0.0951 e. The molecule has 1 aliphatic rings. The first-order valence-corrected chi connectivity index (χ1v) is 6.65. The van der Waals surface area contributed by atoms with Crippen LogP contribution in [0.4, 0.5) is 0 Å². The Morgan fingerprint density at radius 2 is 2.06 bits per heavy atom. The van der Waals surface area contributed by atoms with Gasteiger partial charge in [0.05, 0.1) is 12.0 Å². The van der Waals surface area contributed by atoms with Gasteiger partial charge >= 0.3 is 0 Å². The number of fused-ring (bicyclic) bond motifs is 1. The lowest BCUT2D eigenvalue weighted by atomic mass is 10.0. The normalized spacial score (nSPS) is 18.6. The predicted molar refractivity (Wildman–Crippen MR) is 72.4 cm³/mol. The minimum atomic E-state index is 0.310. The number of nitrogens with zero attached hydrogens (tertiary/aromatic N) is 2. The maximum absolute atomic E-state index is 6.04. The summed E-state index contributed by atoms with van der Waals surface area (Å²) in [6, 6.07) is 10.9. The number of benzene rings is 1. The molecule has 0 radical (unpaired) electrons. The van der Waals surface area contributed by atoms with Gasteiger partial charge in [0, 0.05) is 24.7 Å². The summed E-state index contributed by atoms with van der Waals surface area (Å²) in [7, 11) is 0. The molecule has 1 atom stereocenters. The van der Waals surface area contributed by atoms with E-state index in [1.165, 1.54) is 17.0 Å². The highest BCUT2D eigenvalue weighted by Gasteiger charge is 2.19. The number of imidazole rings is 1. The lowest BCUT2D eigenvalue weighted by molar-refractivity contribution is 0.469. The van der Waals surface area contributed by atoms with Crippen molar-refractivity contribution in [2.75, 3.05) is 0 Å². The Morgan fingerprint density at radius 3 is 2.89 bits per heavy atom. The molecule has 18 heavy (non-hydrogen) atoms. The van der Waals surface area contributed by atoms with Crippen LogP contribution >= 0.6 is 0 Å². The second-order valence-electron chi connectivity index (χ2n) is 5.07. The molecule has 0 spiro atoms. The van der Waals surface area contributed by atoms with E-state index in [-0.39, 0.29) is 0 Å². The van der Waals surface area contributed by atoms with Crippen LogP contribution < -0.4 is 5.73 Å². The number of aromatic nitrogens is 2. The molecule has 1 aromatic heterocycles. The van der Waals surface area contributed by atoms with Crippen molar-refractivity contribution in [2.45, 2.75) is 38.3 Å². The zero-order valence-electron chi connectivity index (χ0n) is 10.5. The van der Waals surface area contributed by atoms with Gasteiger partial charge in [0.15, 0.2) is 0 Å². The summed E-state index contributed by atoms with van der Waals surface area (Å²) in [5.41, 5.74) is 10.0. The minimum Gasteiger partial charge on any atom is -0.334 e. The summed E-state index contributed by atoms with van der Waals surface area (Å²) in [4.78, 5) is 4.55. The fourth-order valence-electron chi connectivity index (χ4n) is 2.65. The van der Waals surface area contributed by atoms with E-state index in [0.29, 0.717) is 6.04 Å². The third-order valence-corrected chi connectivity index (χ3v) is 3.72. The van der Waals surface area contributed by atoms with Crippen molar-refractivity contribution in [1.82, 2.24) is 9.55 Å². The van der Waals surface area contributed by atoms with Crippen LogP contribution in [0.1, 0.15) is 23.4 Å². The zero-order valence-corrected chi connectivity index (χ0v) is 10.5. The van der Waals surface area contributed by atoms with Crippen LogP contribution in [0.2, 0.25) is 0 Å². The molecule has 2 heterocycles. The van der Waals surface area contributed by atoms with Crippen LogP contribution in [-0.2, 0) is 25.8 Å². The van der Waals surface area contributed by atoms with Crippen molar-refractivity contribution in [3.8, 4) is 0 Å². The van der Waals surface area contributed by atoms with Gasteiger partial charge in [0.25, 0.3) is 0 Å². The van der Waals surface area contributed by atoms with Gasteiger partial charge in [-0.15, -0.1) is 0 Å². The molecule has 0 fully saturated rings. The highest BCUT2D eigenvalue weighted by Crippen LogP contribution is 2.18. The summed E-state index contributed by atoms with van der Waals surface area (Å²) in [6.07, 6.45) is 6.09. The summed E-state index contributed by atoms with van der Waals surface area (Å²) >= 11 is 0. The van der Waals surface area contributed by atoms with E-state index < -0.39 is 0 Å². The van der Waals surface area contributed by atoms with Gasteiger partial charge in [0.2, 0.25) is 0 Å². The molecular formula is C15H19N3. The number of rotatable bonds is 3. The van der Waals surface area contributed by atoms with E-state index in [2.05, 4.69) is 39.9 Å². The second kappa shape index (κ2) is 4.94. The van der Waals surface area contributed by atoms with Crippen molar-refractivity contribution in [1.29, 1.82) is 0 Å². The fourth-order valence-corrected chi connectivity index (χ4v) is 2.65. The van der Waals surface area contributed by atoms with Gasteiger partial charge < -0.3 is 10.3 Å². The summed E-state index contributed by atoms with van der Waals surface area (Å²) in [5.74, 6) is 0. The van der Waals surface area contributed by atoms with E-state index >= 15 is 0 Å². The Morgan fingerprint density at radius 1 is 1.22 bits per heavy atom. The van der Waals surface area contributed by atoms with Gasteiger partial charge in [-0.3, -0.25) is 0 Å². The Kier molecular flexibility index (Phi) is 3.15. The first-order chi connectivity index (χ1) is 8.83. The lowest BCUT2D eigenvalue weighted by Crippen LogP contribution is -2.30. The number of hydrogen-bond donors (Lipinski definition) is 1. The lowest BCUT2D eigenvalue weighted by Gasteiger charge is -2.21. The molecule has 0 saturated carbocycles. The highest BCUT2D eigenvalue weighted by molar-refractivity contribution is 5.20. The van der Waals surface area contributed by atoms with Crippen molar-refractivity contribution < 1.29 is 0 Å². The molecule has 1 unspecified atom stereocenters. The van der Waals surface area contributed by atoms with Gasteiger partial charge in [-0.1, -0.05) is 30.3 Å². The summed E-state index contributed by atoms with van der Waals surface area (Å²) in [5, 5.41) is 0. The molecule has 3 rings (SSSR count). The van der Waals surface area contributed by atoms with E-state index in [0.717, 1.165) is 32.2 Å². The minimum absolute atomic E-state index is 0.310. The molecule has 0 amide bonds. The van der Waals surface area contributed by atoms with Gasteiger partial charge in [0.1, 0.15) is 0 Å². The Hall–Kier alpha value is -1.61. The second-order valence-corrected chi connectivity index (χ2v) is 5.07. The third kappa shape index (κ3) is 2.31. The Bertz CT molecular complexity index is 516. The molecule has 94 valence electrons. The zero-order chi connectivity index (χ0) is 12.4. The van der Waals surface area contributed by atoms with Crippen LogP contribution in [-0.4, -0.2) is 15.6 Å². The predicted octanol–water partition coefficient (Wildman–Crippen LogP) is 1.94. The largest absolute Gasteiger partial charge is 0.334 e. The quantitative estimate of drug-likeness (QED) is 0.892. The van der Waals surface area contributed by atoms with Gasteiger partial charge in [-0.25, -0.2) is 4.98 Å². The van der Waals surface area contributed by atoms with Gasteiger partial charge in [-0.05, 0) is 24.8 Å². The molecule has 3 nitrogen and oxygen atoms in total. The van der Waals surface area contributed by atoms with Crippen LogP contribution in [0.15, 0.2) is 36.7 Å². The highest BCUT2D eigenvalue weighted by atomic mass is 15.1. The van der Waals surface area contributed by atoms with Crippen molar-refractivity contribution >= 4 is 0 Å². The molecule has 0 bridgehead atoms. The van der Waals surface area contributed by atoms with Crippen molar-refractivity contribution in [2.24, 2.45) is 5.73 Å². The SMILES string of the molecule is NC1CCn2cnc(CCc3ccccc3)c2C1. The molecular weight excluding hydrogens is 222 g/mol. The average molecular weight is 241 g/mol. The molecule has 2 aromatic rings. The maximum atomic E-state index is 6.04. The van der Waals surface area contributed by atoms with Gasteiger partial charge in [-0.2, -0.15) is 0 Å². The van der Waals surface area contributed by atoms with Crippen LogP contribution in [0.5, 0.6) is 0 Å². The number of hydrogen-bond acceptors (Lipinski definition) is 2. The summed E-state index contributed by atoms with van der Waals surface area (Å²) in [6.45, 7) is 1.02. The van der Waals surface area contributed by atoms with E-state index in [1.54, 1.807) is 0 Å². The smallest absolute Gasteiger partial charge is 0.0951 e. The average Bonchev–Trinajstić information content (AvgIpc) is 2.80. The van der Waals surface area contributed by atoms with Crippen LogP contribution in [0, 0.1) is 0 Å². The molecule has 0 saturated heterocycles. The van der Waals surface area contributed by atoms with Crippen LogP contribution in [0.3, 0.4) is 0 Å². The monoisotopic (exact) mass is 241 g/mol. The topological polar surface area (TPSA) is 43.8 Å². The van der Waals surface area contributed by atoms with Crippen LogP contribution in [0.25, 0.3) is 0 Å². The molecule has 1 aliphatic heterocycles. The first-order valence-electron chi connectivity index (χ1n) is 6.65. The molecule has 3 heteroatoms. The Balaban J connectivity index is 1.72. The Labute approximate surface area is 108 Å². The van der Waals surface area contributed by atoms with E-state index in [9.17, 15) is 0 Å². The summed E-state index contributed by atoms with van der Waals surface area (Å²) < 4.78 is 2.27.